The number of hydrogen-bond acceptors (Lipinski definition) is 6. The highest BCUT2D eigenvalue weighted by Crippen LogP contribution is 2.15. The SMILES string of the molecule is CCCCOc1ccc(C[C@H](NC(=O)OC(C)(C)C)C(=O)N[C@@H](CC(N)=O)C(=O)O)cc1. The summed E-state index contributed by atoms with van der Waals surface area (Å²) in [5, 5.41) is 14.0. The first-order chi connectivity index (χ1) is 14.9. The van der Waals surface area contributed by atoms with Gasteiger partial charge in [-0.2, -0.15) is 0 Å². The normalized spacial score (nSPS) is 12.9. The van der Waals surface area contributed by atoms with Crippen LogP contribution in [0.2, 0.25) is 0 Å². The molecule has 0 saturated heterocycles. The van der Waals surface area contributed by atoms with Crippen LogP contribution in [0.4, 0.5) is 4.79 Å². The Balaban J connectivity index is 2.96. The van der Waals surface area contributed by atoms with Gasteiger partial charge in [-0.1, -0.05) is 25.5 Å². The van der Waals surface area contributed by atoms with Crippen LogP contribution >= 0.6 is 0 Å². The van der Waals surface area contributed by atoms with Crippen molar-refractivity contribution in [3.8, 4) is 5.75 Å². The van der Waals surface area contributed by atoms with Crippen LogP contribution in [-0.2, 0) is 25.5 Å². The van der Waals surface area contributed by atoms with Crippen molar-refractivity contribution in [2.75, 3.05) is 6.61 Å². The van der Waals surface area contributed by atoms with Crippen LogP contribution in [0.15, 0.2) is 24.3 Å². The smallest absolute Gasteiger partial charge is 0.408 e. The van der Waals surface area contributed by atoms with Gasteiger partial charge in [0.15, 0.2) is 0 Å². The highest BCUT2D eigenvalue weighted by molar-refractivity contribution is 5.91. The van der Waals surface area contributed by atoms with E-state index in [1.165, 1.54) is 0 Å². The zero-order valence-electron chi connectivity index (χ0n) is 19.0. The van der Waals surface area contributed by atoms with E-state index in [0.29, 0.717) is 17.9 Å². The number of nitrogens with one attached hydrogen (secondary N) is 2. The van der Waals surface area contributed by atoms with E-state index in [0.717, 1.165) is 12.8 Å². The molecule has 0 aliphatic rings. The minimum Gasteiger partial charge on any atom is -0.494 e. The molecule has 0 saturated carbocycles. The van der Waals surface area contributed by atoms with E-state index in [9.17, 15) is 24.3 Å². The van der Waals surface area contributed by atoms with E-state index in [1.54, 1.807) is 45.0 Å². The number of carbonyl (C=O) groups excluding carboxylic acids is 3. The second-order valence-corrected chi connectivity index (χ2v) is 8.32. The molecule has 2 atom stereocenters. The number of carboxylic acids is 1. The topological polar surface area (TPSA) is 157 Å². The van der Waals surface area contributed by atoms with Crippen molar-refractivity contribution in [3.05, 3.63) is 29.8 Å². The Hall–Kier alpha value is -3.30. The monoisotopic (exact) mass is 451 g/mol. The minimum absolute atomic E-state index is 0.0588. The van der Waals surface area contributed by atoms with Gasteiger partial charge in [0.25, 0.3) is 0 Å². The van der Waals surface area contributed by atoms with E-state index >= 15 is 0 Å². The number of amides is 3. The first-order valence-corrected chi connectivity index (χ1v) is 10.4. The van der Waals surface area contributed by atoms with E-state index in [4.69, 9.17) is 15.2 Å². The van der Waals surface area contributed by atoms with E-state index in [2.05, 4.69) is 17.6 Å². The molecule has 5 N–H and O–H groups in total. The maximum absolute atomic E-state index is 12.8. The number of benzene rings is 1. The van der Waals surface area contributed by atoms with Crippen molar-refractivity contribution < 1.29 is 33.8 Å². The zero-order valence-corrected chi connectivity index (χ0v) is 19.0. The molecular weight excluding hydrogens is 418 g/mol. The highest BCUT2D eigenvalue weighted by Gasteiger charge is 2.29. The van der Waals surface area contributed by atoms with E-state index < -0.39 is 48.0 Å². The Morgan fingerprint density at radius 1 is 1.06 bits per heavy atom. The number of carbonyl (C=O) groups is 4. The summed E-state index contributed by atoms with van der Waals surface area (Å²) in [4.78, 5) is 47.5. The molecule has 0 aliphatic heterocycles. The van der Waals surface area contributed by atoms with Crippen LogP contribution < -0.4 is 21.1 Å². The molecule has 0 heterocycles. The van der Waals surface area contributed by atoms with E-state index in [-0.39, 0.29) is 6.42 Å². The summed E-state index contributed by atoms with van der Waals surface area (Å²) in [5.74, 6) is -2.40. The lowest BCUT2D eigenvalue weighted by atomic mass is 10.0. The number of rotatable bonds is 12. The third kappa shape index (κ3) is 10.6. The number of hydrogen-bond donors (Lipinski definition) is 4. The largest absolute Gasteiger partial charge is 0.494 e. The molecular formula is C22H33N3O7. The summed E-state index contributed by atoms with van der Waals surface area (Å²) in [5.41, 5.74) is 4.97. The maximum atomic E-state index is 12.8. The molecule has 3 amide bonds. The second kappa shape index (κ2) is 12.5. The number of primary amides is 1. The standard InChI is InChI=1S/C22H33N3O7/c1-5-6-11-31-15-9-7-14(8-10-15)12-16(25-21(30)32-22(2,3)4)19(27)24-17(20(28)29)13-18(23)26/h7-10,16-17H,5-6,11-13H2,1-4H3,(H2,23,26)(H,24,27)(H,25,30)(H,28,29)/t16-,17-/m0/s1. The second-order valence-electron chi connectivity index (χ2n) is 8.32. The number of aliphatic carboxylic acids is 1. The Morgan fingerprint density at radius 3 is 2.19 bits per heavy atom. The van der Waals surface area contributed by atoms with Crippen LogP contribution in [-0.4, -0.2) is 53.3 Å². The van der Waals surface area contributed by atoms with Crippen molar-refractivity contribution >= 4 is 23.9 Å². The molecule has 0 radical (unpaired) electrons. The van der Waals surface area contributed by atoms with Crippen LogP contribution in [0.3, 0.4) is 0 Å². The van der Waals surface area contributed by atoms with Gasteiger partial charge < -0.3 is 30.9 Å². The molecule has 1 rings (SSSR count). The average Bonchev–Trinajstić information content (AvgIpc) is 2.66. The predicted octanol–water partition coefficient (Wildman–Crippen LogP) is 1.75. The summed E-state index contributed by atoms with van der Waals surface area (Å²) < 4.78 is 10.8. The van der Waals surface area contributed by atoms with Gasteiger partial charge in [0.2, 0.25) is 11.8 Å². The lowest BCUT2D eigenvalue weighted by Gasteiger charge is -2.24. The summed E-state index contributed by atoms with van der Waals surface area (Å²) in [7, 11) is 0. The van der Waals surface area contributed by atoms with Crippen LogP contribution in [0.5, 0.6) is 5.75 Å². The Morgan fingerprint density at radius 2 is 1.69 bits per heavy atom. The molecule has 0 aliphatic carbocycles. The quantitative estimate of drug-likeness (QED) is 0.353. The fourth-order valence-corrected chi connectivity index (χ4v) is 2.62. The number of carboxylic acid groups (broad SMARTS) is 1. The third-order valence-electron chi connectivity index (χ3n) is 4.16. The Bertz CT molecular complexity index is 788. The van der Waals surface area contributed by atoms with Crippen molar-refractivity contribution in [1.29, 1.82) is 0 Å². The molecule has 1 aromatic carbocycles. The van der Waals surface area contributed by atoms with Gasteiger partial charge in [-0.05, 0) is 44.9 Å². The molecule has 32 heavy (non-hydrogen) atoms. The fraction of sp³-hybridized carbons (Fsp3) is 0.545. The third-order valence-corrected chi connectivity index (χ3v) is 4.16. The zero-order chi connectivity index (χ0) is 24.3. The molecule has 0 spiro atoms. The van der Waals surface area contributed by atoms with Crippen LogP contribution in [0.1, 0.15) is 52.5 Å². The number of nitrogens with two attached hydrogens (primary N) is 1. The minimum atomic E-state index is -1.52. The molecule has 0 aromatic heterocycles. The van der Waals surface area contributed by atoms with Crippen molar-refractivity contribution in [3.63, 3.8) is 0 Å². The number of unbranched alkanes of at least 4 members (excludes halogenated alkanes) is 1. The highest BCUT2D eigenvalue weighted by atomic mass is 16.6. The summed E-state index contributed by atoms with van der Waals surface area (Å²) in [6, 6.07) is 4.33. The van der Waals surface area contributed by atoms with Gasteiger partial charge in [-0.15, -0.1) is 0 Å². The first-order valence-electron chi connectivity index (χ1n) is 10.4. The predicted molar refractivity (Wildman–Crippen MR) is 117 cm³/mol. The number of ether oxygens (including phenoxy) is 2. The summed E-state index contributed by atoms with van der Waals surface area (Å²) in [6.45, 7) is 7.68. The van der Waals surface area contributed by atoms with Gasteiger partial charge in [0.05, 0.1) is 13.0 Å². The van der Waals surface area contributed by atoms with Gasteiger partial charge in [-0.3, -0.25) is 9.59 Å². The average molecular weight is 452 g/mol. The van der Waals surface area contributed by atoms with E-state index in [1.807, 2.05) is 0 Å². The lowest BCUT2D eigenvalue weighted by molar-refractivity contribution is -0.143. The van der Waals surface area contributed by atoms with Gasteiger partial charge >= 0.3 is 12.1 Å². The summed E-state index contributed by atoms with van der Waals surface area (Å²) >= 11 is 0. The molecule has 1 aromatic rings. The molecule has 0 bridgehead atoms. The maximum Gasteiger partial charge on any atom is 0.408 e. The first kappa shape index (κ1) is 26.7. The van der Waals surface area contributed by atoms with Gasteiger partial charge in [0, 0.05) is 6.42 Å². The fourth-order valence-electron chi connectivity index (χ4n) is 2.62. The molecule has 10 nitrogen and oxygen atoms in total. The lowest BCUT2D eigenvalue weighted by Crippen LogP contribution is -2.53. The molecule has 10 heteroatoms. The van der Waals surface area contributed by atoms with Crippen molar-refractivity contribution in [2.24, 2.45) is 5.73 Å². The Labute approximate surface area is 187 Å². The summed E-state index contributed by atoms with van der Waals surface area (Å²) in [6.07, 6.45) is 0.588. The molecule has 0 fully saturated rings. The van der Waals surface area contributed by atoms with Gasteiger partial charge in [0.1, 0.15) is 23.4 Å². The van der Waals surface area contributed by atoms with Crippen LogP contribution in [0.25, 0.3) is 0 Å². The molecule has 178 valence electrons. The van der Waals surface area contributed by atoms with Gasteiger partial charge in [-0.25, -0.2) is 9.59 Å². The van der Waals surface area contributed by atoms with Crippen molar-refractivity contribution in [2.45, 2.75) is 71.1 Å². The molecule has 0 unspecified atom stereocenters. The Kier molecular flexibility index (Phi) is 10.5. The van der Waals surface area contributed by atoms with Crippen molar-refractivity contribution in [1.82, 2.24) is 10.6 Å². The number of alkyl carbamates (subject to hydrolysis) is 1. The van der Waals surface area contributed by atoms with Crippen LogP contribution in [0, 0.1) is 0 Å².